The maximum atomic E-state index is 13.4. The van der Waals surface area contributed by atoms with Crippen molar-refractivity contribution in [3.63, 3.8) is 0 Å². The number of urea groups is 1. The molecule has 2 aromatic carbocycles. The third-order valence-electron chi connectivity index (χ3n) is 5.00. The number of rotatable bonds is 7. The Kier molecular flexibility index (Phi) is 6.13. The maximum absolute atomic E-state index is 13.4. The summed E-state index contributed by atoms with van der Waals surface area (Å²) in [4.78, 5) is 26.5. The maximum Gasteiger partial charge on any atom is 0.319 e. The summed E-state index contributed by atoms with van der Waals surface area (Å²) < 4.78 is 15.4. The quantitative estimate of drug-likeness (QED) is 0.293. The lowest BCUT2D eigenvalue weighted by Crippen LogP contribution is -2.32. The highest BCUT2D eigenvalue weighted by molar-refractivity contribution is 7.15. The second-order valence-corrected chi connectivity index (χ2v) is 8.18. The van der Waals surface area contributed by atoms with E-state index in [9.17, 15) is 9.18 Å². The average molecular weight is 474 g/mol. The molecule has 0 aliphatic rings. The number of aromatic nitrogens is 4. The molecule has 5 rings (SSSR count). The summed E-state index contributed by atoms with van der Waals surface area (Å²) in [7, 11) is 0. The number of benzene rings is 2. The fourth-order valence-electron chi connectivity index (χ4n) is 3.46. The Labute approximate surface area is 198 Å². The van der Waals surface area contributed by atoms with Gasteiger partial charge < -0.3 is 16.0 Å². The van der Waals surface area contributed by atoms with Crippen molar-refractivity contribution < 1.29 is 9.18 Å². The van der Waals surface area contributed by atoms with Gasteiger partial charge in [0.2, 0.25) is 5.95 Å². The Hall–Kier alpha value is -4.31. The number of nitrogens with one attached hydrogen (secondary N) is 3. The van der Waals surface area contributed by atoms with Crippen LogP contribution in [0.3, 0.4) is 0 Å². The molecule has 0 saturated heterocycles. The molecule has 8 nitrogen and oxygen atoms in total. The molecular weight excluding hydrogens is 453 g/mol. The third kappa shape index (κ3) is 4.71. The molecule has 170 valence electrons. The number of nitrogens with zero attached hydrogens (tertiary/aromatic N) is 4. The predicted molar refractivity (Wildman–Crippen MR) is 131 cm³/mol. The highest BCUT2D eigenvalue weighted by atomic mass is 32.1. The summed E-state index contributed by atoms with van der Waals surface area (Å²) in [6.07, 6.45) is 3.60. The van der Waals surface area contributed by atoms with Crippen molar-refractivity contribution in [3.05, 3.63) is 84.3 Å². The van der Waals surface area contributed by atoms with Crippen molar-refractivity contribution in [3.8, 4) is 22.6 Å². The summed E-state index contributed by atoms with van der Waals surface area (Å²) >= 11 is 1.51. The Morgan fingerprint density at radius 2 is 1.82 bits per heavy atom. The molecule has 2 amide bonds. The molecule has 0 atom stereocenters. The minimum atomic E-state index is -0.300. The molecule has 0 bridgehead atoms. The number of carbonyl (C=O) groups is 1. The second-order valence-electron chi connectivity index (χ2n) is 7.31. The van der Waals surface area contributed by atoms with E-state index < -0.39 is 0 Å². The SMILES string of the molecule is O=C(NCCNc1nccc(-c2c(-c3ccc(F)cc3)nc3sccn23)n1)Nc1ccccc1. The van der Waals surface area contributed by atoms with Gasteiger partial charge in [-0.05, 0) is 42.5 Å². The number of thiazole rings is 1. The molecule has 0 aliphatic carbocycles. The van der Waals surface area contributed by atoms with E-state index in [2.05, 4.69) is 25.9 Å². The van der Waals surface area contributed by atoms with Gasteiger partial charge in [0.25, 0.3) is 0 Å². The van der Waals surface area contributed by atoms with Crippen molar-refractivity contribution in [2.45, 2.75) is 0 Å². The molecule has 0 radical (unpaired) electrons. The van der Waals surface area contributed by atoms with Crippen molar-refractivity contribution >= 4 is 34.0 Å². The van der Waals surface area contributed by atoms with Crippen LogP contribution in [0.15, 0.2) is 78.4 Å². The Morgan fingerprint density at radius 3 is 2.65 bits per heavy atom. The van der Waals surface area contributed by atoms with Gasteiger partial charge in [0.05, 0.1) is 11.4 Å². The zero-order valence-corrected chi connectivity index (χ0v) is 18.7. The van der Waals surface area contributed by atoms with Gasteiger partial charge in [-0.1, -0.05) is 18.2 Å². The molecule has 0 saturated carbocycles. The van der Waals surface area contributed by atoms with Gasteiger partial charge in [-0.25, -0.2) is 24.1 Å². The topological polar surface area (TPSA) is 96.2 Å². The van der Waals surface area contributed by atoms with Crippen LogP contribution in [0.4, 0.5) is 20.8 Å². The van der Waals surface area contributed by atoms with Gasteiger partial charge in [-0.2, -0.15) is 0 Å². The van der Waals surface area contributed by atoms with Crippen LogP contribution in [0.1, 0.15) is 0 Å². The molecule has 3 aromatic heterocycles. The highest BCUT2D eigenvalue weighted by Crippen LogP contribution is 2.33. The molecule has 0 spiro atoms. The van der Waals surface area contributed by atoms with Crippen LogP contribution in [0.5, 0.6) is 0 Å². The monoisotopic (exact) mass is 473 g/mol. The van der Waals surface area contributed by atoms with E-state index in [0.717, 1.165) is 27.6 Å². The first-order valence-electron chi connectivity index (χ1n) is 10.6. The van der Waals surface area contributed by atoms with Crippen LogP contribution in [0, 0.1) is 5.82 Å². The van der Waals surface area contributed by atoms with Gasteiger partial charge in [-0.15, -0.1) is 11.3 Å². The summed E-state index contributed by atoms with van der Waals surface area (Å²) in [5.74, 6) is 0.129. The van der Waals surface area contributed by atoms with Gasteiger partial charge in [-0.3, -0.25) is 4.40 Å². The predicted octanol–water partition coefficient (Wildman–Crippen LogP) is 4.89. The summed E-state index contributed by atoms with van der Waals surface area (Å²) in [6, 6.07) is 17.0. The van der Waals surface area contributed by atoms with E-state index in [1.54, 1.807) is 18.3 Å². The van der Waals surface area contributed by atoms with Crippen LogP contribution in [0.25, 0.3) is 27.6 Å². The molecule has 3 N–H and O–H groups in total. The zero-order chi connectivity index (χ0) is 23.3. The average Bonchev–Trinajstić information content (AvgIpc) is 3.45. The Balaban J connectivity index is 1.29. The summed E-state index contributed by atoms with van der Waals surface area (Å²) in [5, 5.41) is 10.6. The van der Waals surface area contributed by atoms with Crippen LogP contribution in [-0.4, -0.2) is 38.5 Å². The number of hydrogen-bond acceptors (Lipinski definition) is 6. The molecule has 0 unspecified atom stereocenters. The zero-order valence-electron chi connectivity index (χ0n) is 17.9. The lowest BCUT2D eigenvalue weighted by atomic mass is 10.1. The number of halogens is 1. The lowest BCUT2D eigenvalue weighted by Gasteiger charge is -2.09. The number of fused-ring (bicyclic) bond motifs is 1. The first-order chi connectivity index (χ1) is 16.7. The third-order valence-corrected chi connectivity index (χ3v) is 5.76. The smallest absolute Gasteiger partial charge is 0.319 e. The number of anilines is 2. The molecule has 5 aromatic rings. The van der Waals surface area contributed by atoms with Gasteiger partial charge in [0.15, 0.2) is 4.96 Å². The van der Waals surface area contributed by atoms with E-state index in [-0.39, 0.29) is 11.8 Å². The number of hydrogen-bond donors (Lipinski definition) is 3. The molecule has 10 heteroatoms. The highest BCUT2D eigenvalue weighted by Gasteiger charge is 2.18. The van der Waals surface area contributed by atoms with Gasteiger partial charge >= 0.3 is 6.03 Å². The van der Waals surface area contributed by atoms with Crippen LogP contribution < -0.4 is 16.0 Å². The van der Waals surface area contributed by atoms with E-state index in [4.69, 9.17) is 4.98 Å². The van der Waals surface area contributed by atoms with E-state index >= 15 is 0 Å². The number of carbonyl (C=O) groups excluding carboxylic acids is 1. The molecule has 0 aliphatic heterocycles. The molecule has 34 heavy (non-hydrogen) atoms. The van der Waals surface area contributed by atoms with Crippen molar-refractivity contribution in [2.75, 3.05) is 23.7 Å². The molecule has 0 fully saturated rings. The van der Waals surface area contributed by atoms with Crippen molar-refractivity contribution in [2.24, 2.45) is 0 Å². The normalized spacial score (nSPS) is 10.9. The van der Waals surface area contributed by atoms with Crippen LogP contribution in [0.2, 0.25) is 0 Å². The van der Waals surface area contributed by atoms with Gasteiger partial charge in [0.1, 0.15) is 11.5 Å². The van der Waals surface area contributed by atoms with Crippen LogP contribution in [-0.2, 0) is 0 Å². The van der Waals surface area contributed by atoms with Crippen molar-refractivity contribution in [1.29, 1.82) is 0 Å². The van der Waals surface area contributed by atoms with E-state index in [0.29, 0.717) is 24.7 Å². The number of imidazole rings is 1. The molecule has 3 heterocycles. The second kappa shape index (κ2) is 9.67. The lowest BCUT2D eigenvalue weighted by molar-refractivity contribution is 0.252. The van der Waals surface area contributed by atoms with Gasteiger partial charge in [0, 0.05) is 42.1 Å². The minimum absolute atomic E-state index is 0.286. The van der Waals surface area contributed by atoms with E-state index in [1.807, 2.05) is 52.4 Å². The van der Waals surface area contributed by atoms with Crippen molar-refractivity contribution in [1.82, 2.24) is 24.7 Å². The first kappa shape index (κ1) is 21.5. The fourth-order valence-corrected chi connectivity index (χ4v) is 4.18. The minimum Gasteiger partial charge on any atom is -0.352 e. The summed E-state index contributed by atoms with van der Waals surface area (Å²) in [6.45, 7) is 0.825. The number of amides is 2. The Morgan fingerprint density at radius 1 is 1.00 bits per heavy atom. The fraction of sp³-hybridized carbons (Fsp3) is 0.0833. The largest absolute Gasteiger partial charge is 0.352 e. The van der Waals surface area contributed by atoms with Crippen LogP contribution >= 0.6 is 11.3 Å². The number of para-hydroxylation sites is 1. The Bertz CT molecular complexity index is 1420. The molecular formula is C24H20FN7OS. The summed E-state index contributed by atoms with van der Waals surface area (Å²) in [5.41, 5.74) is 3.72. The van der Waals surface area contributed by atoms with E-state index in [1.165, 1.54) is 23.5 Å². The first-order valence-corrected chi connectivity index (χ1v) is 11.4. The standard InChI is InChI=1S/C24H20FN7OS/c25-17-8-6-16(7-9-17)20-21(32-14-15-34-24(32)31-20)19-10-11-26-22(30-19)27-12-13-28-23(33)29-18-4-2-1-3-5-18/h1-11,14-15H,12-13H2,(H,26,27,30)(H2,28,29,33).